The van der Waals surface area contributed by atoms with Crippen molar-refractivity contribution < 1.29 is 28.6 Å². The molecule has 0 fully saturated rings. The van der Waals surface area contributed by atoms with Gasteiger partial charge in [-0.2, -0.15) is 0 Å². The van der Waals surface area contributed by atoms with Gasteiger partial charge in [0.25, 0.3) is 0 Å². The molecule has 0 saturated heterocycles. The number of hydrogen-bond donors (Lipinski definition) is 0. The van der Waals surface area contributed by atoms with Gasteiger partial charge in [-0.15, -0.1) is 0 Å². The van der Waals surface area contributed by atoms with Crippen molar-refractivity contribution in [3.63, 3.8) is 0 Å². The third-order valence-electron chi connectivity index (χ3n) is 12.3. The molecule has 0 amide bonds. The number of hydrogen-bond acceptors (Lipinski definition) is 6. The van der Waals surface area contributed by atoms with E-state index >= 15 is 0 Å². The van der Waals surface area contributed by atoms with Gasteiger partial charge in [0.15, 0.2) is 6.10 Å². The lowest BCUT2D eigenvalue weighted by molar-refractivity contribution is -0.167. The maximum atomic E-state index is 12.8. The van der Waals surface area contributed by atoms with E-state index in [0.717, 1.165) is 89.9 Å². The standard InChI is InChI=1S/C59H106O6/c1-4-7-10-13-16-19-22-25-27-28-29-30-32-34-37-40-43-46-49-52-58(61)64-55-56(54-63-57(60)51-48-45-42-39-36-33-24-21-18-15-12-9-6-3)65-59(62)53-50-47-44-41-38-35-31-26-23-20-17-14-11-8-5-2/h7,10,16,19,25,27,33,36,56H,4-6,8-9,11-15,17-18,20-24,26,28-32,34-35,37-55H2,1-3H3/b10-7-,19-16-,27-25-,36-33-. The van der Waals surface area contributed by atoms with Crippen LogP contribution < -0.4 is 0 Å². The lowest BCUT2D eigenvalue weighted by atomic mass is 10.0. The van der Waals surface area contributed by atoms with E-state index in [2.05, 4.69) is 69.4 Å². The predicted octanol–water partition coefficient (Wildman–Crippen LogP) is 18.7. The molecule has 65 heavy (non-hydrogen) atoms. The molecule has 0 spiro atoms. The summed E-state index contributed by atoms with van der Waals surface area (Å²) in [6, 6.07) is 0. The van der Waals surface area contributed by atoms with Crippen molar-refractivity contribution in [2.75, 3.05) is 13.2 Å². The zero-order chi connectivity index (χ0) is 47.2. The highest BCUT2D eigenvalue weighted by atomic mass is 16.6. The third kappa shape index (κ3) is 52.2. The van der Waals surface area contributed by atoms with Gasteiger partial charge in [-0.3, -0.25) is 14.4 Å². The van der Waals surface area contributed by atoms with Crippen LogP contribution in [0.15, 0.2) is 48.6 Å². The van der Waals surface area contributed by atoms with E-state index in [-0.39, 0.29) is 31.1 Å². The van der Waals surface area contributed by atoms with Crippen molar-refractivity contribution in [2.45, 2.75) is 297 Å². The smallest absolute Gasteiger partial charge is 0.306 e. The van der Waals surface area contributed by atoms with Gasteiger partial charge < -0.3 is 14.2 Å². The van der Waals surface area contributed by atoms with Crippen molar-refractivity contribution >= 4 is 17.9 Å². The molecule has 6 heteroatoms. The van der Waals surface area contributed by atoms with Crippen molar-refractivity contribution in [2.24, 2.45) is 0 Å². The molecule has 0 heterocycles. The van der Waals surface area contributed by atoms with E-state index in [4.69, 9.17) is 14.2 Å². The Balaban J connectivity index is 4.35. The number of carbonyl (C=O) groups excluding carboxylic acids is 3. The fourth-order valence-electron chi connectivity index (χ4n) is 8.10. The van der Waals surface area contributed by atoms with E-state index in [0.29, 0.717) is 19.3 Å². The SMILES string of the molecule is CC/C=C\C/C=C\C/C=C\CCCCCCCCCCCC(=O)OCC(COC(=O)CCCCC/C=C\CCCCCCCC)OC(=O)CCCCCCCCCCCCCCCCC. The van der Waals surface area contributed by atoms with Gasteiger partial charge in [0.1, 0.15) is 13.2 Å². The van der Waals surface area contributed by atoms with Crippen LogP contribution in [0.2, 0.25) is 0 Å². The highest BCUT2D eigenvalue weighted by Crippen LogP contribution is 2.16. The zero-order valence-electron chi connectivity index (χ0n) is 43.3. The molecule has 0 bridgehead atoms. The first kappa shape index (κ1) is 62.4. The Labute approximate surface area is 403 Å². The molecule has 0 N–H and O–H groups in total. The molecule has 1 atom stereocenters. The molecule has 0 aliphatic rings. The Morgan fingerprint density at radius 1 is 0.323 bits per heavy atom. The molecular formula is C59H106O6. The summed E-state index contributed by atoms with van der Waals surface area (Å²) in [5.41, 5.74) is 0. The number of carbonyl (C=O) groups is 3. The van der Waals surface area contributed by atoms with E-state index in [1.165, 1.54) is 161 Å². The van der Waals surface area contributed by atoms with Crippen LogP contribution in [0.3, 0.4) is 0 Å². The predicted molar refractivity (Wildman–Crippen MR) is 279 cm³/mol. The fourth-order valence-corrected chi connectivity index (χ4v) is 8.10. The maximum Gasteiger partial charge on any atom is 0.306 e. The summed E-state index contributed by atoms with van der Waals surface area (Å²) in [4.78, 5) is 38.1. The van der Waals surface area contributed by atoms with Crippen LogP contribution >= 0.6 is 0 Å². The van der Waals surface area contributed by atoms with E-state index in [9.17, 15) is 14.4 Å². The lowest BCUT2D eigenvalue weighted by Crippen LogP contribution is -2.30. The third-order valence-corrected chi connectivity index (χ3v) is 12.3. The molecule has 0 aliphatic heterocycles. The minimum Gasteiger partial charge on any atom is -0.462 e. The highest BCUT2D eigenvalue weighted by molar-refractivity contribution is 5.71. The normalized spacial score (nSPS) is 12.4. The molecule has 6 nitrogen and oxygen atoms in total. The number of allylic oxidation sites excluding steroid dienone is 8. The molecule has 1 unspecified atom stereocenters. The molecule has 0 aromatic carbocycles. The van der Waals surface area contributed by atoms with Gasteiger partial charge in [-0.05, 0) is 77.0 Å². The number of esters is 3. The Hall–Kier alpha value is -2.63. The molecule has 0 aliphatic carbocycles. The second-order valence-corrected chi connectivity index (χ2v) is 18.8. The van der Waals surface area contributed by atoms with Gasteiger partial charge in [-0.25, -0.2) is 0 Å². The summed E-state index contributed by atoms with van der Waals surface area (Å²) in [5.74, 6) is -0.885. The van der Waals surface area contributed by atoms with Crippen LogP contribution in [0.5, 0.6) is 0 Å². The highest BCUT2D eigenvalue weighted by Gasteiger charge is 2.19. The molecule has 0 saturated carbocycles. The van der Waals surface area contributed by atoms with Gasteiger partial charge >= 0.3 is 17.9 Å². The quantitative estimate of drug-likeness (QED) is 0.0262. The van der Waals surface area contributed by atoms with Crippen LogP contribution in [-0.4, -0.2) is 37.2 Å². The van der Waals surface area contributed by atoms with Crippen LogP contribution in [0.4, 0.5) is 0 Å². The van der Waals surface area contributed by atoms with Gasteiger partial charge in [-0.1, -0.05) is 243 Å². The first-order valence-electron chi connectivity index (χ1n) is 28.1. The molecular weight excluding hydrogens is 805 g/mol. The summed E-state index contributed by atoms with van der Waals surface area (Å²) < 4.78 is 16.8. The average Bonchev–Trinajstić information content (AvgIpc) is 3.30. The van der Waals surface area contributed by atoms with Crippen LogP contribution in [0.25, 0.3) is 0 Å². The van der Waals surface area contributed by atoms with Crippen LogP contribution in [0.1, 0.15) is 290 Å². The Morgan fingerprint density at radius 3 is 0.969 bits per heavy atom. The Bertz CT molecular complexity index is 1140. The van der Waals surface area contributed by atoms with Crippen molar-refractivity contribution in [1.82, 2.24) is 0 Å². The van der Waals surface area contributed by atoms with E-state index in [1.54, 1.807) is 0 Å². The zero-order valence-corrected chi connectivity index (χ0v) is 43.3. The summed E-state index contributed by atoms with van der Waals surface area (Å²) in [6.07, 6.45) is 65.3. The summed E-state index contributed by atoms with van der Waals surface area (Å²) in [7, 11) is 0. The first-order chi connectivity index (χ1) is 32.0. The van der Waals surface area contributed by atoms with E-state index < -0.39 is 6.10 Å². The number of ether oxygens (including phenoxy) is 3. The topological polar surface area (TPSA) is 78.9 Å². The van der Waals surface area contributed by atoms with Crippen LogP contribution in [0, 0.1) is 0 Å². The number of unbranched alkanes of at least 4 members (excludes halogenated alkanes) is 32. The second kappa shape index (κ2) is 54.0. The van der Waals surface area contributed by atoms with Crippen molar-refractivity contribution in [1.29, 1.82) is 0 Å². The first-order valence-corrected chi connectivity index (χ1v) is 28.1. The van der Waals surface area contributed by atoms with Crippen molar-refractivity contribution in [3.8, 4) is 0 Å². The average molecular weight is 911 g/mol. The molecule has 378 valence electrons. The summed E-state index contributed by atoms with van der Waals surface area (Å²) in [6.45, 7) is 6.53. The van der Waals surface area contributed by atoms with Gasteiger partial charge in [0.2, 0.25) is 0 Å². The van der Waals surface area contributed by atoms with Crippen molar-refractivity contribution in [3.05, 3.63) is 48.6 Å². The van der Waals surface area contributed by atoms with E-state index in [1.807, 2.05) is 0 Å². The molecule has 0 aromatic heterocycles. The molecule has 0 radical (unpaired) electrons. The van der Waals surface area contributed by atoms with Gasteiger partial charge in [0, 0.05) is 19.3 Å². The Morgan fingerprint density at radius 2 is 0.600 bits per heavy atom. The Kier molecular flexibility index (Phi) is 51.8. The monoisotopic (exact) mass is 911 g/mol. The minimum atomic E-state index is -0.778. The largest absolute Gasteiger partial charge is 0.462 e. The number of rotatable bonds is 51. The van der Waals surface area contributed by atoms with Gasteiger partial charge in [0.05, 0.1) is 0 Å². The maximum absolute atomic E-state index is 12.8. The minimum absolute atomic E-state index is 0.0778. The second-order valence-electron chi connectivity index (χ2n) is 18.8. The lowest BCUT2D eigenvalue weighted by Gasteiger charge is -2.18. The van der Waals surface area contributed by atoms with Crippen LogP contribution in [-0.2, 0) is 28.6 Å². The summed E-state index contributed by atoms with van der Waals surface area (Å²) in [5, 5.41) is 0. The molecule has 0 aromatic rings. The fraction of sp³-hybridized carbons (Fsp3) is 0.814. The summed E-state index contributed by atoms with van der Waals surface area (Å²) >= 11 is 0. The molecule has 0 rings (SSSR count).